The molecular formula is C34H34F3N5O4. The van der Waals surface area contributed by atoms with Gasteiger partial charge in [0.2, 0.25) is 0 Å². The summed E-state index contributed by atoms with van der Waals surface area (Å²) in [5, 5.41) is 4.60. The second-order valence-electron chi connectivity index (χ2n) is 12.4. The van der Waals surface area contributed by atoms with Crippen LogP contribution in [-0.4, -0.2) is 43.0 Å². The highest BCUT2D eigenvalue weighted by atomic mass is 19.1. The Kier molecular flexibility index (Phi) is 9.00. The van der Waals surface area contributed by atoms with E-state index in [1.54, 1.807) is 42.5 Å². The SMILES string of the molecule is Cc1c2c(nn1CC(=O)C[C@@H](Cc1cc(F)cc(F)c1)c1ncccc1-c1ccc(F)c(C(N)=O)c1)CN(C(=O)OC(C)(C)C)C2. The number of rotatable bonds is 9. The summed E-state index contributed by atoms with van der Waals surface area (Å²) in [5.41, 5.74) is 8.38. The molecule has 46 heavy (non-hydrogen) atoms. The van der Waals surface area contributed by atoms with Crippen molar-refractivity contribution in [3.05, 3.63) is 106 Å². The number of amides is 2. The van der Waals surface area contributed by atoms with E-state index in [0.29, 0.717) is 34.6 Å². The largest absolute Gasteiger partial charge is 0.444 e. The number of nitrogens with two attached hydrogens (primary N) is 1. The molecular weight excluding hydrogens is 599 g/mol. The molecule has 3 heterocycles. The van der Waals surface area contributed by atoms with E-state index in [-0.39, 0.29) is 37.3 Å². The first kappa shape index (κ1) is 32.4. The lowest BCUT2D eigenvalue weighted by molar-refractivity contribution is -0.120. The number of benzene rings is 2. The maximum atomic E-state index is 14.3. The number of halogens is 3. The number of hydrogen-bond donors (Lipinski definition) is 1. The second-order valence-corrected chi connectivity index (χ2v) is 12.4. The number of fused-ring (bicyclic) bond motifs is 1. The molecule has 2 aromatic heterocycles. The molecule has 0 saturated heterocycles. The standard InChI is InChI=1S/C34H34F3N5O4/c1-19-28-17-41(33(45)46-34(2,3)4)18-30(28)40-42(19)16-25(43)13-22(10-20-11-23(35)15-24(36)12-20)31-26(6-5-9-39-31)21-7-8-29(37)27(14-21)32(38)44/h5-9,11-12,14-15,22H,10,13,16-18H2,1-4H3,(H2,38,44)/t22-/m1/s1. The van der Waals surface area contributed by atoms with Crippen molar-refractivity contribution in [2.45, 2.75) is 71.7 Å². The van der Waals surface area contributed by atoms with Crippen LogP contribution in [0.15, 0.2) is 54.7 Å². The summed E-state index contributed by atoms with van der Waals surface area (Å²) >= 11 is 0. The number of Topliss-reactive ketones (excluding diaryl/α,β-unsaturated/α-hetero) is 1. The van der Waals surface area contributed by atoms with Gasteiger partial charge in [-0.1, -0.05) is 12.1 Å². The zero-order valence-corrected chi connectivity index (χ0v) is 25.9. The lowest BCUT2D eigenvalue weighted by Crippen LogP contribution is -2.33. The number of aromatic nitrogens is 3. The average molecular weight is 634 g/mol. The third-order valence-corrected chi connectivity index (χ3v) is 7.73. The van der Waals surface area contributed by atoms with E-state index >= 15 is 0 Å². The first-order chi connectivity index (χ1) is 21.7. The van der Waals surface area contributed by atoms with E-state index in [2.05, 4.69) is 10.1 Å². The van der Waals surface area contributed by atoms with Crippen molar-refractivity contribution in [3.8, 4) is 11.1 Å². The van der Waals surface area contributed by atoms with Gasteiger partial charge in [0.15, 0.2) is 5.78 Å². The predicted octanol–water partition coefficient (Wildman–Crippen LogP) is 6.01. The van der Waals surface area contributed by atoms with Crippen LogP contribution in [0.5, 0.6) is 0 Å². The van der Waals surface area contributed by atoms with Crippen LogP contribution in [0.4, 0.5) is 18.0 Å². The Labute approximate surface area is 264 Å². The molecule has 0 aliphatic carbocycles. The fourth-order valence-corrected chi connectivity index (χ4v) is 5.67. The monoisotopic (exact) mass is 633 g/mol. The van der Waals surface area contributed by atoms with Gasteiger partial charge < -0.3 is 10.5 Å². The van der Waals surface area contributed by atoms with Gasteiger partial charge in [0.1, 0.15) is 23.1 Å². The number of hydrogen-bond acceptors (Lipinski definition) is 6. The van der Waals surface area contributed by atoms with Crippen molar-refractivity contribution in [1.82, 2.24) is 19.7 Å². The van der Waals surface area contributed by atoms with Crippen LogP contribution in [0.2, 0.25) is 0 Å². The van der Waals surface area contributed by atoms with E-state index in [0.717, 1.165) is 23.4 Å². The molecule has 2 aromatic carbocycles. The van der Waals surface area contributed by atoms with Gasteiger partial charge in [0.25, 0.3) is 5.91 Å². The van der Waals surface area contributed by atoms with Crippen LogP contribution in [0.3, 0.4) is 0 Å². The van der Waals surface area contributed by atoms with Crippen molar-refractivity contribution in [2.24, 2.45) is 5.73 Å². The Morgan fingerprint density at radius 1 is 1.02 bits per heavy atom. The smallest absolute Gasteiger partial charge is 0.410 e. The molecule has 5 rings (SSSR count). The lowest BCUT2D eigenvalue weighted by atomic mass is 9.86. The summed E-state index contributed by atoms with van der Waals surface area (Å²) in [6, 6.07) is 10.4. The van der Waals surface area contributed by atoms with E-state index in [4.69, 9.17) is 10.5 Å². The Balaban J connectivity index is 1.42. The van der Waals surface area contributed by atoms with Gasteiger partial charge in [-0.25, -0.2) is 18.0 Å². The Morgan fingerprint density at radius 3 is 2.39 bits per heavy atom. The van der Waals surface area contributed by atoms with Gasteiger partial charge in [-0.15, -0.1) is 0 Å². The number of pyridine rings is 1. The molecule has 2 amide bonds. The minimum atomic E-state index is -0.942. The van der Waals surface area contributed by atoms with Crippen molar-refractivity contribution in [1.29, 1.82) is 0 Å². The summed E-state index contributed by atoms with van der Waals surface area (Å²) in [6.07, 6.45) is 1.08. The molecule has 240 valence electrons. The van der Waals surface area contributed by atoms with Gasteiger partial charge in [-0.3, -0.25) is 24.2 Å². The number of nitrogens with zero attached hydrogens (tertiary/aromatic N) is 4. The molecule has 0 spiro atoms. The van der Waals surface area contributed by atoms with E-state index in [9.17, 15) is 27.6 Å². The van der Waals surface area contributed by atoms with Gasteiger partial charge in [0, 0.05) is 41.4 Å². The van der Waals surface area contributed by atoms with Crippen LogP contribution < -0.4 is 5.73 Å². The Bertz CT molecular complexity index is 1810. The van der Waals surface area contributed by atoms with Crippen LogP contribution in [0, 0.1) is 24.4 Å². The zero-order valence-electron chi connectivity index (χ0n) is 25.9. The fourth-order valence-electron chi connectivity index (χ4n) is 5.67. The first-order valence-corrected chi connectivity index (χ1v) is 14.7. The van der Waals surface area contributed by atoms with Crippen molar-refractivity contribution >= 4 is 17.8 Å². The summed E-state index contributed by atoms with van der Waals surface area (Å²) in [4.78, 5) is 44.1. The molecule has 0 radical (unpaired) electrons. The zero-order chi connectivity index (χ0) is 33.3. The molecule has 0 saturated carbocycles. The number of ether oxygens (including phenoxy) is 1. The number of carbonyl (C=O) groups is 3. The highest BCUT2D eigenvalue weighted by Gasteiger charge is 2.32. The van der Waals surface area contributed by atoms with Crippen LogP contribution in [0.25, 0.3) is 11.1 Å². The predicted molar refractivity (Wildman–Crippen MR) is 163 cm³/mol. The van der Waals surface area contributed by atoms with E-state index in [1.807, 2.05) is 6.92 Å². The normalized spacial score (nSPS) is 13.4. The van der Waals surface area contributed by atoms with E-state index in [1.165, 1.54) is 30.5 Å². The quantitative estimate of drug-likeness (QED) is 0.241. The van der Waals surface area contributed by atoms with Crippen LogP contribution in [-0.2, 0) is 35.6 Å². The minimum Gasteiger partial charge on any atom is -0.444 e. The summed E-state index contributed by atoms with van der Waals surface area (Å²) in [5.74, 6) is -4.11. The molecule has 12 heteroatoms. The van der Waals surface area contributed by atoms with Gasteiger partial charge in [-0.2, -0.15) is 5.10 Å². The molecule has 1 aliphatic heterocycles. The summed E-state index contributed by atoms with van der Waals surface area (Å²) in [7, 11) is 0. The maximum absolute atomic E-state index is 14.3. The van der Waals surface area contributed by atoms with Crippen LogP contribution in [0.1, 0.15) is 71.7 Å². The summed E-state index contributed by atoms with van der Waals surface area (Å²) in [6.45, 7) is 7.68. The minimum absolute atomic E-state index is 0.0632. The molecule has 2 N–H and O–H groups in total. The number of primary amides is 1. The second kappa shape index (κ2) is 12.8. The Hall–Kier alpha value is -5.00. The molecule has 1 atom stereocenters. The van der Waals surface area contributed by atoms with Crippen molar-refractivity contribution < 1.29 is 32.3 Å². The van der Waals surface area contributed by atoms with Gasteiger partial charge >= 0.3 is 6.09 Å². The number of carbonyl (C=O) groups excluding carboxylic acids is 3. The molecule has 1 aliphatic rings. The first-order valence-electron chi connectivity index (χ1n) is 14.7. The fraction of sp³-hybridized carbons (Fsp3) is 0.324. The highest BCUT2D eigenvalue weighted by Crippen LogP contribution is 2.34. The summed E-state index contributed by atoms with van der Waals surface area (Å²) < 4.78 is 49.7. The third-order valence-electron chi connectivity index (χ3n) is 7.73. The molecule has 4 aromatic rings. The number of ketones is 1. The van der Waals surface area contributed by atoms with Gasteiger partial charge in [-0.05, 0) is 75.6 Å². The van der Waals surface area contributed by atoms with Crippen molar-refractivity contribution in [3.63, 3.8) is 0 Å². The lowest BCUT2D eigenvalue weighted by Gasteiger charge is -2.24. The third kappa shape index (κ3) is 7.27. The van der Waals surface area contributed by atoms with Crippen molar-refractivity contribution in [2.75, 3.05) is 0 Å². The Morgan fingerprint density at radius 2 is 1.74 bits per heavy atom. The average Bonchev–Trinajstić information content (AvgIpc) is 3.50. The van der Waals surface area contributed by atoms with Gasteiger partial charge in [0.05, 0.1) is 36.6 Å². The molecule has 0 bridgehead atoms. The maximum Gasteiger partial charge on any atom is 0.410 e. The highest BCUT2D eigenvalue weighted by molar-refractivity contribution is 5.94. The molecule has 0 unspecified atom stereocenters. The molecule has 9 nitrogen and oxygen atoms in total. The topological polar surface area (TPSA) is 120 Å². The van der Waals surface area contributed by atoms with E-state index < -0.39 is 41.0 Å². The van der Waals surface area contributed by atoms with Crippen LogP contribution >= 0.6 is 0 Å². The molecule has 0 fully saturated rings.